The maximum absolute atomic E-state index is 12.9. The third kappa shape index (κ3) is 3.82. The first-order chi connectivity index (χ1) is 15.2. The number of amides is 2. The van der Waals surface area contributed by atoms with Gasteiger partial charge in [0.2, 0.25) is 5.91 Å². The van der Waals surface area contributed by atoms with Crippen LogP contribution in [0, 0.1) is 0 Å². The van der Waals surface area contributed by atoms with Gasteiger partial charge in [-0.05, 0) is 43.0 Å². The van der Waals surface area contributed by atoms with Gasteiger partial charge in [-0.1, -0.05) is 48.5 Å². The fraction of sp³-hybridized carbons (Fsp3) is 0.375. The van der Waals surface area contributed by atoms with Crippen molar-refractivity contribution >= 4 is 18.0 Å². The first-order valence-corrected chi connectivity index (χ1v) is 10.5. The molecule has 4 rings (SSSR count). The van der Waals surface area contributed by atoms with Crippen molar-refractivity contribution in [1.29, 1.82) is 0 Å². The van der Waals surface area contributed by atoms with Gasteiger partial charge in [0.15, 0.2) is 6.04 Å². The summed E-state index contributed by atoms with van der Waals surface area (Å²) in [5.74, 6) is -1.80. The van der Waals surface area contributed by atoms with Crippen LogP contribution < -0.4 is 5.32 Å². The summed E-state index contributed by atoms with van der Waals surface area (Å²) in [5.41, 5.74) is 3.34. The lowest BCUT2D eigenvalue weighted by Gasteiger charge is -2.34. The number of carboxylic acids is 1. The second-order valence-corrected chi connectivity index (χ2v) is 8.51. The first-order valence-electron chi connectivity index (χ1n) is 10.5. The molecule has 2 N–H and O–H groups in total. The minimum absolute atomic E-state index is 0.0959. The van der Waals surface area contributed by atoms with Crippen molar-refractivity contribution in [3.8, 4) is 11.1 Å². The average molecular weight is 438 g/mol. The number of carbonyl (C=O) groups is 3. The molecule has 8 heteroatoms. The average Bonchev–Trinajstić information content (AvgIpc) is 3.25. The zero-order chi connectivity index (χ0) is 23.0. The Morgan fingerprint density at radius 3 is 2.25 bits per heavy atom. The summed E-state index contributed by atoms with van der Waals surface area (Å²) in [5, 5.41) is 11.9. The van der Waals surface area contributed by atoms with E-state index >= 15 is 0 Å². The van der Waals surface area contributed by atoms with Crippen LogP contribution >= 0.6 is 0 Å². The highest BCUT2D eigenvalue weighted by atomic mass is 16.6. The van der Waals surface area contributed by atoms with E-state index in [0.29, 0.717) is 0 Å². The van der Waals surface area contributed by atoms with Crippen LogP contribution in [0.5, 0.6) is 0 Å². The quantitative estimate of drug-likeness (QED) is 0.744. The van der Waals surface area contributed by atoms with Crippen molar-refractivity contribution in [2.45, 2.75) is 44.5 Å². The van der Waals surface area contributed by atoms with E-state index in [9.17, 15) is 19.5 Å². The second-order valence-electron chi connectivity index (χ2n) is 8.51. The predicted octanol–water partition coefficient (Wildman–Crippen LogP) is 2.96. The molecule has 1 fully saturated rings. The van der Waals surface area contributed by atoms with Crippen LogP contribution in [-0.2, 0) is 19.1 Å². The number of ether oxygens (including phenoxy) is 2. The number of hydrogen-bond donors (Lipinski definition) is 2. The highest BCUT2D eigenvalue weighted by molar-refractivity contribution is 5.90. The molecule has 0 aromatic heterocycles. The highest BCUT2D eigenvalue weighted by Crippen LogP contribution is 2.44. The lowest BCUT2D eigenvalue weighted by molar-refractivity contribution is -0.156. The van der Waals surface area contributed by atoms with E-state index in [1.165, 1.54) is 6.92 Å². The molecule has 1 aliphatic heterocycles. The molecule has 0 spiro atoms. The van der Waals surface area contributed by atoms with E-state index < -0.39 is 35.8 Å². The van der Waals surface area contributed by atoms with Crippen molar-refractivity contribution in [2.75, 3.05) is 13.2 Å². The van der Waals surface area contributed by atoms with Crippen molar-refractivity contribution in [2.24, 2.45) is 0 Å². The number of nitrogens with zero attached hydrogens (tertiary/aromatic N) is 1. The molecule has 1 aliphatic carbocycles. The van der Waals surface area contributed by atoms with E-state index in [2.05, 4.69) is 5.32 Å². The van der Waals surface area contributed by atoms with Gasteiger partial charge >= 0.3 is 12.1 Å². The summed E-state index contributed by atoms with van der Waals surface area (Å²) in [7, 11) is 0. The number of aliphatic carboxylic acids is 1. The zero-order valence-corrected chi connectivity index (χ0v) is 18.2. The molecule has 1 saturated heterocycles. The highest BCUT2D eigenvalue weighted by Gasteiger charge is 2.48. The molecular formula is C24H26N2O6. The Hall–Kier alpha value is -3.39. The van der Waals surface area contributed by atoms with Gasteiger partial charge in [-0.15, -0.1) is 0 Å². The molecule has 2 atom stereocenters. The molecule has 2 aliphatic rings. The van der Waals surface area contributed by atoms with Gasteiger partial charge in [-0.25, -0.2) is 9.59 Å². The smallest absolute Gasteiger partial charge is 0.407 e. The maximum Gasteiger partial charge on any atom is 0.407 e. The van der Waals surface area contributed by atoms with Gasteiger partial charge in [0.05, 0.1) is 6.61 Å². The Labute approximate surface area is 186 Å². The van der Waals surface area contributed by atoms with Gasteiger partial charge in [0.25, 0.3) is 0 Å². The summed E-state index contributed by atoms with van der Waals surface area (Å²) in [6.45, 7) is 4.75. The predicted molar refractivity (Wildman–Crippen MR) is 116 cm³/mol. The molecule has 0 unspecified atom stereocenters. The number of carbonyl (C=O) groups excluding carboxylic acids is 2. The molecule has 32 heavy (non-hydrogen) atoms. The lowest BCUT2D eigenvalue weighted by atomic mass is 9.98. The summed E-state index contributed by atoms with van der Waals surface area (Å²) in [6, 6.07) is 13.9. The number of carboxylic acid groups (broad SMARTS) is 1. The maximum atomic E-state index is 12.9. The molecule has 2 aromatic carbocycles. The molecule has 1 heterocycles. The van der Waals surface area contributed by atoms with Gasteiger partial charge in [-0.3, -0.25) is 9.69 Å². The van der Waals surface area contributed by atoms with Gasteiger partial charge in [0, 0.05) is 5.92 Å². The van der Waals surface area contributed by atoms with E-state index in [1.807, 2.05) is 48.5 Å². The monoisotopic (exact) mass is 438 g/mol. The van der Waals surface area contributed by atoms with Crippen molar-refractivity contribution < 1.29 is 29.0 Å². The third-order valence-corrected chi connectivity index (χ3v) is 6.06. The number of rotatable bonds is 5. The van der Waals surface area contributed by atoms with Crippen LogP contribution in [0.1, 0.15) is 37.8 Å². The Balaban J connectivity index is 1.41. The van der Waals surface area contributed by atoms with Gasteiger partial charge < -0.3 is 19.9 Å². The van der Waals surface area contributed by atoms with Crippen LogP contribution in [-0.4, -0.2) is 59.0 Å². The first kappa shape index (κ1) is 21.8. The normalized spacial score (nSPS) is 19.7. The Bertz CT molecular complexity index is 1020. The third-order valence-electron chi connectivity index (χ3n) is 6.06. The summed E-state index contributed by atoms with van der Waals surface area (Å²) >= 11 is 0. The largest absolute Gasteiger partial charge is 0.480 e. The number of alkyl carbamates (subject to hydrolysis) is 1. The second kappa shape index (κ2) is 8.27. The van der Waals surface area contributed by atoms with Crippen molar-refractivity contribution in [3.63, 3.8) is 0 Å². The zero-order valence-electron chi connectivity index (χ0n) is 18.2. The number of benzene rings is 2. The van der Waals surface area contributed by atoms with E-state index in [-0.39, 0.29) is 19.1 Å². The van der Waals surface area contributed by atoms with Crippen molar-refractivity contribution in [1.82, 2.24) is 10.2 Å². The molecule has 0 radical (unpaired) electrons. The van der Waals surface area contributed by atoms with E-state index in [1.54, 1.807) is 13.8 Å². The Morgan fingerprint density at radius 1 is 1.12 bits per heavy atom. The molecule has 8 nitrogen and oxygen atoms in total. The standard InChI is InChI=1S/C24H26N2O6/c1-14(21(27)26-20(22(28)29)13-32-24(26,2)3)25-23(30)31-12-19-17-10-6-4-8-15(17)16-9-5-7-11-18(16)19/h4-11,14,19-20H,12-13H2,1-3H3,(H,25,30)(H,28,29)/t14-,20-/m1/s1. The molecule has 2 amide bonds. The number of hydrogen-bond acceptors (Lipinski definition) is 5. The minimum atomic E-state index is -1.16. The molecule has 168 valence electrons. The van der Waals surface area contributed by atoms with E-state index in [4.69, 9.17) is 9.47 Å². The SMILES string of the molecule is C[C@@H](NC(=O)OCC1c2ccccc2-c2ccccc21)C(=O)N1[C@@H](C(=O)O)COC1(C)C. The van der Waals surface area contributed by atoms with Crippen LogP contribution in [0.4, 0.5) is 4.79 Å². The Kier molecular flexibility index (Phi) is 5.64. The lowest BCUT2D eigenvalue weighted by Crippen LogP contribution is -2.56. The topological polar surface area (TPSA) is 105 Å². The van der Waals surface area contributed by atoms with Crippen molar-refractivity contribution in [3.05, 3.63) is 59.7 Å². The molecular weight excluding hydrogens is 412 g/mol. The summed E-state index contributed by atoms with van der Waals surface area (Å²) in [4.78, 5) is 38.1. The summed E-state index contributed by atoms with van der Waals surface area (Å²) in [6.07, 6.45) is -0.738. The molecule has 2 aromatic rings. The Morgan fingerprint density at radius 2 is 1.69 bits per heavy atom. The van der Waals surface area contributed by atoms with Gasteiger partial charge in [0.1, 0.15) is 18.4 Å². The van der Waals surface area contributed by atoms with Crippen LogP contribution in [0.25, 0.3) is 11.1 Å². The van der Waals surface area contributed by atoms with E-state index in [0.717, 1.165) is 27.2 Å². The van der Waals surface area contributed by atoms with Crippen LogP contribution in [0.15, 0.2) is 48.5 Å². The fourth-order valence-corrected chi connectivity index (χ4v) is 4.49. The van der Waals surface area contributed by atoms with Crippen LogP contribution in [0.3, 0.4) is 0 Å². The molecule has 0 bridgehead atoms. The summed E-state index contributed by atoms with van der Waals surface area (Å²) < 4.78 is 10.9. The van der Waals surface area contributed by atoms with Crippen LogP contribution in [0.2, 0.25) is 0 Å². The fourth-order valence-electron chi connectivity index (χ4n) is 4.49. The molecule has 0 saturated carbocycles. The number of fused-ring (bicyclic) bond motifs is 3. The minimum Gasteiger partial charge on any atom is -0.480 e. The number of nitrogens with one attached hydrogen (secondary N) is 1. The van der Waals surface area contributed by atoms with Gasteiger partial charge in [-0.2, -0.15) is 0 Å².